The molecule has 1 aliphatic heterocycles. The second kappa shape index (κ2) is 9.30. The zero-order valence-electron chi connectivity index (χ0n) is 16.6. The summed E-state index contributed by atoms with van der Waals surface area (Å²) in [6, 6.07) is 11.7. The summed E-state index contributed by atoms with van der Waals surface area (Å²) in [5, 5.41) is 17.2. The van der Waals surface area contributed by atoms with Gasteiger partial charge >= 0.3 is 5.97 Å². The second-order valence-electron chi connectivity index (χ2n) is 7.00. The number of carbonyl (C=O) groups excluding carboxylic acids is 1. The highest BCUT2D eigenvalue weighted by Crippen LogP contribution is 2.29. The average molecular weight is 452 g/mol. The molecule has 0 aromatic heterocycles. The van der Waals surface area contributed by atoms with E-state index >= 15 is 0 Å². The van der Waals surface area contributed by atoms with Gasteiger partial charge in [0.25, 0.3) is 6.43 Å². The van der Waals surface area contributed by atoms with Crippen LogP contribution in [0.5, 0.6) is 5.75 Å². The number of nitrogens with one attached hydrogen (secondary N) is 1. The molecule has 31 heavy (non-hydrogen) atoms. The van der Waals surface area contributed by atoms with E-state index in [-0.39, 0.29) is 5.56 Å². The first-order valence-corrected chi connectivity index (χ1v) is 9.70. The minimum Gasteiger partial charge on any atom is -0.478 e. The molecule has 0 fully saturated rings. The van der Waals surface area contributed by atoms with E-state index in [0.717, 1.165) is 0 Å². The van der Waals surface area contributed by atoms with Gasteiger partial charge in [0.2, 0.25) is 12.1 Å². The van der Waals surface area contributed by atoms with Crippen LogP contribution in [0, 0.1) is 5.92 Å². The number of nitrogens with zero attached hydrogens (tertiary/aromatic N) is 2. The Hall–Kier alpha value is -3.20. The number of alkyl halides is 2. The van der Waals surface area contributed by atoms with E-state index in [0.29, 0.717) is 16.3 Å². The third kappa shape index (κ3) is 5.11. The Morgan fingerprint density at radius 3 is 2.32 bits per heavy atom. The molecule has 3 atom stereocenters. The van der Waals surface area contributed by atoms with Gasteiger partial charge in [-0.05, 0) is 48.9 Å². The fourth-order valence-electron chi connectivity index (χ4n) is 3.20. The Morgan fingerprint density at radius 2 is 1.77 bits per heavy atom. The Kier molecular flexibility index (Phi) is 6.74. The number of aromatic carboxylic acids is 1. The standard InChI is InChI=1S/C21H20ClF2N3O4/c1-11(12-3-5-13(6-4-12)21(29)30)25-19(28)16-17(18(23)24)26-27(2)20(16)31-15-9-7-14(22)8-10-15/h3-11,16,18,20H,1-2H3,(H,25,28)(H,29,30)/t11-,16?,20?/m0/s1. The first-order valence-electron chi connectivity index (χ1n) is 9.32. The van der Waals surface area contributed by atoms with Gasteiger partial charge in [-0.1, -0.05) is 23.7 Å². The lowest BCUT2D eigenvalue weighted by Gasteiger charge is -2.26. The first kappa shape index (κ1) is 22.5. The van der Waals surface area contributed by atoms with Crippen LogP contribution in [0.4, 0.5) is 8.78 Å². The smallest absolute Gasteiger partial charge is 0.335 e. The number of benzene rings is 2. The van der Waals surface area contributed by atoms with Crippen LogP contribution in [0.2, 0.25) is 5.02 Å². The predicted molar refractivity (Wildman–Crippen MR) is 111 cm³/mol. The maximum absolute atomic E-state index is 13.6. The molecule has 0 spiro atoms. The van der Waals surface area contributed by atoms with Crippen molar-refractivity contribution in [2.75, 3.05) is 7.05 Å². The van der Waals surface area contributed by atoms with Crippen LogP contribution >= 0.6 is 11.6 Å². The van der Waals surface area contributed by atoms with Crippen LogP contribution in [-0.2, 0) is 4.79 Å². The number of halogens is 3. The molecule has 3 rings (SSSR count). The van der Waals surface area contributed by atoms with Crippen LogP contribution < -0.4 is 10.1 Å². The number of hydrazone groups is 1. The highest BCUT2D eigenvalue weighted by atomic mass is 35.5. The summed E-state index contributed by atoms with van der Waals surface area (Å²) in [6.45, 7) is 1.67. The molecular formula is C21H20ClF2N3O4. The van der Waals surface area contributed by atoms with Crippen molar-refractivity contribution in [1.29, 1.82) is 0 Å². The molecule has 2 aromatic rings. The monoisotopic (exact) mass is 451 g/mol. The SMILES string of the molecule is C[C@H](NC(=O)C1C(C(F)F)=NN(C)C1Oc1ccc(Cl)cc1)c1ccc(C(=O)O)cc1. The van der Waals surface area contributed by atoms with Crippen LogP contribution in [0.3, 0.4) is 0 Å². The summed E-state index contributed by atoms with van der Waals surface area (Å²) in [6.07, 6.45) is -4.02. The highest BCUT2D eigenvalue weighted by Gasteiger charge is 2.46. The van der Waals surface area contributed by atoms with Crippen molar-refractivity contribution in [3.8, 4) is 5.75 Å². The number of hydrogen-bond donors (Lipinski definition) is 2. The van der Waals surface area contributed by atoms with Crippen LogP contribution in [0.25, 0.3) is 0 Å². The Morgan fingerprint density at radius 1 is 1.16 bits per heavy atom. The largest absolute Gasteiger partial charge is 0.478 e. The highest BCUT2D eigenvalue weighted by molar-refractivity contribution is 6.30. The van der Waals surface area contributed by atoms with Gasteiger partial charge in [0.1, 0.15) is 17.4 Å². The van der Waals surface area contributed by atoms with E-state index in [4.69, 9.17) is 21.4 Å². The lowest BCUT2D eigenvalue weighted by atomic mass is 9.99. The third-order valence-electron chi connectivity index (χ3n) is 4.84. The molecule has 0 saturated heterocycles. The summed E-state index contributed by atoms with van der Waals surface area (Å²) < 4.78 is 33.0. The number of carbonyl (C=O) groups is 2. The number of ether oxygens (including phenoxy) is 1. The third-order valence-corrected chi connectivity index (χ3v) is 5.09. The molecule has 0 saturated carbocycles. The summed E-state index contributed by atoms with van der Waals surface area (Å²) >= 11 is 5.86. The van der Waals surface area contributed by atoms with Gasteiger partial charge in [-0.2, -0.15) is 5.10 Å². The first-order chi connectivity index (χ1) is 14.7. The van der Waals surface area contributed by atoms with Crippen LogP contribution in [-0.4, -0.2) is 47.4 Å². The Balaban J connectivity index is 1.79. The van der Waals surface area contributed by atoms with Gasteiger partial charge in [0.05, 0.1) is 11.6 Å². The normalized spacial score (nSPS) is 19.2. The molecule has 0 bridgehead atoms. The van der Waals surface area contributed by atoms with Crippen molar-refractivity contribution >= 4 is 29.2 Å². The van der Waals surface area contributed by atoms with E-state index < -0.39 is 42.2 Å². The van der Waals surface area contributed by atoms with Crippen LogP contribution in [0.15, 0.2) is 53.6 Å². The number of amides is 1. The van der Waals surface area contributed by atoms with Gasteiger partial charge in [0, 0.05) is 12.1 Å². The van der Waals surface area contributed by atoms with Crippen LogP contribution in [0.1, 0.15) is 28.9 Å². The van der Waals surface area contributed by atoms with Crippen molar-refractivity contribution in [3.63, 3.8) is 0 Å². The zero-order chi connectivity index (χ0) is 22.7. The molecule has 1 heterocycles. The topological polar surface area (TPSA) is 91.2 Å². The summed E-state index contributed by atoms with van der Waals surface area (Å²) in [5.41, 5.74) is 0.131. The molecule has 0 aliphatic carbocycles. The molecule has 1 aliphatic rings. The van der Waals surface area contributed by atoms with Gasteiger partial charge in [0.15, 0.2) is 0 Å². The van der Waals surface area contributed by atoms with E-state index in [1.54, 1.807) is 43.3 Å². The maximum atomic E-state index is 13.6. The molecule has 1 amide bonds. The molecule has 164 valence electrons. The summed E-state index contributed by atoms with van der Waals surface area (Å²) in [7, 11) is 1.45. The number of carboxylic acids is 1. The molecule has 0 radical (unpaired) electrons. The van der Waals surface area contributed by atoms with Gasteiger partial charge in [-0.15, -0.1) is 0 Å². The van der Waals surface area contributed by atoms with Gasteiger partial charge < -0.3 is 15.2 Å². The van der Waals surface area contributed by atoms with Gasteiger partial charge in [-0.25, -0.2) is 13.6 Å². The molecule has 7 nitrogen and oxygen atoms in total. The quantitative estimate of drug-likeness (QED) is 0.668. The second-order valence-corrected chi connectivity index (χ2v) is 7.43. The number of hydrogen-bond acceptors (Lipinski definition) is 5. The lowest BCUT2D eigenvalue weighted by molar-refractivity contribution is -0.128. The summed E-state index contributed by atoms with van der Waals surface area (Å²) in [5.74, 6) is -2.75. The Labute approximate surface area is 182 Å². The minimum absolute atomic E-state index is 0.100. The van der Waals surface area contributed by atoms with Crippen molar-refractivity contribution in [2.45, 2.75) is 25.6 Å². The maximum Gasteiger partial charge on any atom is 0.335 e. The average Bonchev–Trinajstić information content (AvgIpc) is 3.06. The molecule has 2 N–H and O–H groups in total. The van der Waals surface area contributed by atoms with E-state index in [2.05, 4.69) is 10.4 Å². The molecule has 10 heteroatoms. The van der Waals surface area contributed by atoms with E-state index in [1.165, 1.54) is 24.2 Å². The van der Waals surface area contributed by atoms with E-state index in [9.17, 15) is 18.4 Å². The van der Waals surface area contributed by atoms with Crippen molar-refractivity contribution in [2.24, 2.45) is 11.0 Å². The molecular weight excluding hydrogens is 432 g/mol. The van der Waals surface area contributed by atoms with Crippen molar-refractivity contribution in [1.82, 2.24) is 10.3 Å². The summed E-state index contributed by atoms with van der Waals surface area (Å²) in [4.78, 5) is 24.0. The molecule has 2 aromatic carbocycles. The van der Waals surface area contributed by atoms with Crippen molar-refractivity contribution in [3.05, 3.63) is 64.7 Å². The fourth-order valence-corrected chi connectivity index (χ4v) is 3.33. The zero-order valence-corrected chi connectivity index (χ0v) is 17.4. The minimum atomic E-state index is -2.94. The predicted octanol–water partition coefficient (Wildman–Crippen LogP) is 3.80. The van der Waals surface area contributed by atoms with Gasteiger partial charge in [-0.3, -0.25) is 9.80 Å². The van der Waals surface area contributed by atoms with Crippen molar-refractivity contribution < 1.29 is 28.2 Å². The lowest BCUT2D eigenvalue weighted by Crippen LogP contribution is -2.47. The van der Waals surface area contributed by atoms with E-state index in [1.807, 2.05) is 0 Å². The number of rotatable bonds is 7. The fraction of sp³-hybridized carbons (Fsp3) is 0.286. The number of carboxylic acid groups (broad SMARTS) is 1. The Bertz CT molecular complexity index is 983. The molecule has 2 unspecified atom stereocenters.